The second-order valence-electron chi connectivity index (χ2n) is 13.1. The summed E-state index contributed by atoms with van der Waals surface area (Å²) < 4.78 is 16.6. The summed E-state index contributed by atoms with van der Waals surface area (Å²) in [5.41, 5.74) is 4.99. The number of piperidine rings is 1. The van der Waals surface area contributed by atoms with Crippen molar-refractivity contribution < 1.29 is 19.1 Å². The zero-order valence-electron chi connectivity index (χ0n) is 26.8. The Morgan fingerprint density at radius 2 is 1.85 bits per heavy atom. The van der Waals surface area contributed by atoms with Gasteiger partial charge in [-0.1, -0.05) is 6.07 Å². The molecule has 0 unspecified atom stereocenters. The summed E-state index contributed by atoms with van der Waals surface area (Å²) in [6.07, 6.45) is 8.00. The number of aromatic carboxylic acids is 1. The van der Waals surface area contributed by atoms with E-state index < -0.39 is 11.8 Å². The highest BCUT2D eigenvalue weighted by Crippen LogP contribution is 2.32. The van der Waals surface area contributed by atoms with Crippen LogP contribution in [0.25, 0.3) is 21.8 Å². The molecule has 0 spiro atoms. The summed E-state index contributed by atoms with van der Waals surface area (Å²) >= 11 is 0. The van der Waals surface area contributed by atoms with Gasteiger partial charge < -0.3 is 20.3 Å². The summed E-state index contributed by atoms with van der Waals surface area (Å²) in [4.78, 5) is 36.9. The molecular formula is C36H40FN7O3. The van der Waals surface area contributed by atoms with Gasteiger partial charge in [-0.25, -0.2) is 14.2 Å². The highest BCUT2D eigenvalue weighted by Gasteiger charge is 2.25. The number of benzene rings is 2. The van der Waals surface area contributed by atoms with E-state index in [1.165, 1.54) is 18.2 Å². The third-order valence-corrected chi connectivity index (χ3v) is 9.98. The first-order valence-electron chi connectivity index (χ1n) is 16.5. The van der Waals surface area contributed by atoms with Crippen molar-refractivity contribution in [1.29, 1.82) is 0 Å². The van der Waals surface area contributed by atoms with Crippen LogP contribution in [0, 0.1) is 18.7 Å². The number of likely N-dealkylation sites (tertiary alicyclic amines) is 1. The van der Waals surface area contributed by atoms with Crippen molar-refractivity contribution in [2.45, 2.75) is 58.0 Å². The van der Waals surface area contributed by atoms with Crippen molar-refractivity contribution in [3.63, 3.8) is 0 Å². The molecule has 1 amide bonds. The van der Waals surface area contributed by atoms with Gasteiger partial charge in [-0.05, 0) is 101 Å². The molecule has 2 aliphatic heterocycles. The van der Waals surface area contributed by atoms with E-state index in [1.807, 2.05) is 47.0 Å². The second-order valence-corrected chi connectivity index (χ2v) is 13.1. The number of hydrogen-bond donors (Lipinski definition) is 3. The molecule has 11 heteroatoms. The lowest BCUT2D eigenvalue weighted by atomic mass is 9.92. The number of halogens is 1. The monoisotopic (exact) mass is 637 g/mol. The number of fused-ring (bicyclic) bond motifs is 2. The van der Waals surface area contributed by atoms with Gasteiger partial charge in [-0.15, -0.1) is 0 Å². The van der Waals surface area contributed by atoms with Crippen LogP contribution < -0.4 is 10.2 Å². The number of aryl methyl sites for hydroxylation is 2. The Kier molecular flexibility index (Phi) is 8.40. The van der Waals surface area contributed by atoms with Gasteiger partial charge in [-0.2, -0.15) is 5.10 Å². The van der Waals surface area contributed by atoms with Crippen LogP contribution in [0.5, 0.6) is 0 Å². The van der Waals surface area contributed by atoms with Crippen LogP contribution in [0.3, 0.4) is 0 Å². The van der Waals surface area contributed by atoms with Crippen LogP contribution in [-0.2, 0) is 6.54 Å². The molecule has 2 fully saturated rings. The van der Waals surface area contributed by atoms with Gasteiger partial charge in [-0.3, -0.25) is 14.4 Å². The van der Waals surface area contributed by atoms with E-state index in [9.17, 15) is 14.0 Å². The standard InChI is InChI=1S/C36H40FN7O3/c1-22-27-9-7-24(35(45)40-34-20-29-26(21-38-34)18-30(39-29)32-6-4-13-42(32)2)19-33(27)44(41-22)14-3-5-23-11-15-43(16-12-23)31-10-8-25(36(46)47)17-28(31)37/h7-10,17-21,23,32,39H,3-6,11-16H2,1-2H3,(H,46,47)(H,38,40,45)/t32-/m1/s1. The molecule has 47 heavy (non-hydrogen) atoms. The lowest BCUT2D eigenvalue weighted by Crippen LogP contribution is -2.34. The largest absolute Gasteiger partial charge is 0.478 e. The lowest BCUT2D eigenvalue weighted by molar-refractivity contribution is 0.0696. The van der Waals surface area contributed by atoms with Gasteiger partial charge in [0.2, 0.25) is 0 Å². The lowest BCUT2D eigenvalue weighted by Gasteiger charge is -2.34. The van der Waals surface area contributed by atoms with Crippen molar-refractivity contribution in [3.05, 3.63) is 83.1 Å². The number of amides is 1. The number of pyridine rings is 1. The van der Waals surface area contributed by atoms with E-state index in [0.29, 0.717) is 29.0 Å². The summed E-state index contributed by atoms with van der Waals surface area (Å²) in [6, 6.07) is 14.3. The molecular weight excluding hydrogens is 597 g/mol. The predicted molar refractivity (Wildman–Crippen MR) is 181 cm³/mol. The summed E-state index contributed by atoms with van der Waals surface area (Å²) in [5, 5.41) is 18.9. The minimum Gasteiger partial charge on any atom is -0.478 e. The number of carboxylic acids is 1. The molecule has 2 aromatic carbocycles. The maximum atomic E-state index is 14.6. The molecule has 0 saturated carbocycles. The van der Waals surface area contributed by atoms with E-state index in [-0.39, 0.29) is 11.5 Å². The summed E-state index contributed by atoms with van der Waals surface area (Å²) in [5.74, 6) is -0.801. The van der Waals surface area contributed by atoms with Gasteiger partial charge in [0.25, 0.3) is 5.91 Å². The number of carbonyl (C=O) groups excluding carboxylic acids is 1. The average molecular weight is 638 g/mol. The minimum atomic E-state index is -1.13. The number of aromatic amines is 1. The number of carbonyl (C=O) groups is 2. The Morgan fingerprint density at radius 1 is 1.04 bits per heavy atom. The number of hydrogen-bond acceptors (Lipinski definition) is 6. The Labute approximate surface area is 272 Å². The number of nitrogens with one attached hydrogen (secondary N) is 2. The molecule has 0 aliphatic carbocycles. The number of aromatic nitrogens is 4. The summed E-state index contributed by atoms with van der Waals surface area (Å²) in [6.45, 7) is 5.30. The Hall–Kier alpha value is -4.77. The maximum Gasteiger partial charge on any atom is 0.335 e. The van der Waals surface area contributed by atoms with E-state index in [2.05, 4.69) is 33.3 Å². The van der Waals surface area contributed by atoms with Crippen LogP contribution in [0.4, 0.5) is 15.9 Å². The van der Waals surface area contributed by atoms with E-state index >= 15 is 0 Å². The molecule has 0 bridgehead atoms. The van der Waals surface area contributed by atoms with Crippen molar-refractivity contribution >= 4 is 45.2 Å². The molecule has 3 N–H and O–H groups in total. The third kappa shape index (κ3) is 6.32. The van der Waals surface area contributed by atoms with Crippen LogP contribution in [-0.4, -0.2) is 68.3 Å². The van der Waals surface area contributed by atoms with Gasteiger partial charge >= 0.3 is 5.97 Å². The molecule has 3 aromatic heterocycles. The maximum absolute atomic E-state index is 14.6. The fourth-order valence-electron chi connectivity index (χ4n) is 7.33. The molecule has 2 saturated heterocycles. The van der Waals surface area contributed by atoms with Crippen LogP contribution in [0.1, 0.15) is 76.7 Å². The van der Waals surface area contributed by atoms with Crippen molar-refractivity contribution in [2.24, 2.45) is 5.92 Å². The van der Waals surface area contributed by atoms with Gasteiger partial charge in [0.05, 0.1) is 28.0 Å². The topological polar surface area (TPSA) is 119 Å². The first-order chi connectivity index (χ1) is 22.7. The van der Waals surface area contributed by atoms with Crippen LogP contribution >= 0.6 is 0 Å². The first-order valence-corrected chi connectivity index (χ1v) is 16.5. The molecule has 5 heterocycles. The number of rotatable bonds is 9. The number of anilines is 2. The Bertz CT molecular complexity index is 1960. The van der Waals surface area contributed by atoms with Gasteiger partial charge in [0.15, 0.2) is 0 Å². The zero-order valence-corrected chi connectivity index (χ0v) is 26.8. The molecule has 244 valence electrons. The second kappa shape index (κ2) is 12.8. The molecule has 0 radical (unpaired) electrons. The molecule has 7 rings (SSSR count). The minimum absolute atomic E-state index is 0.0391. The molecule has 10 nitrogen and oxygen atoms in total. The fourth-order valence-corrected chi connectivity index (χ4v) is 7.33. The van der Waals surface area contributed by atoms with Crippen LogP contribution in [0.2, 0.25) is 0 Å². The van der Waals surface area contributed by atoms with Gasteiger partial charge in [0, 0.05) is 60.0 Å². The normalized spacial score (nSPS) is 17.6. The van der Waals surface area contributed by atoms with Crippen molar-refractivity contribution in [2.75, 3.05) is 36.9 Å². The van der Waals surface area contributed by atoms with E-state index in [0.717, 1.165) is 91.8 Å². The highest BCUT2D eigenvalue weighted by atomic mass is 19.1. The van der Waals surface area contributed by atoms with Gasteiger partial charge in [0.1, 0.15) is 11.6 Å². The van der Waals surface area contributed by atoms with Crippen LogP contribution in [0.15, 0.2) is 54.7 Å². The predicted octanol–water partition coefficient (Wildman–Crippen LogP) is 6.77. The third-order valence-electron chi connectivity index (χ3n) is 9.98. The Balaban J connectivity index is 0.966. The fraction of sp³-hybridized carbons (Fsp3) is 0.389. The van der Waals surface area contributed by atoms with Crippen molar-refractivity contribution in [1.82, 2.24) is 24.6 Å². The van der Waals surface area contributed by atoms with E-state index in [4.69, 9.17) is 10.2 Å². The molecule has 2 aliphatic rings. The molecule has 5 aromatic rings. The number of nitrogens with zero attached hydrogens (tertiary/aromatic N) is 5. The average Bonchev–Trinajstić information content (AvgIpc) is 3.77. The zero-order chi connectivity index (χ0) is 32.7. The summed E-state index contributed by atoms with van der Waals surface area (Å²) in [7, 11) is 2.15. The number of H-pyrrole nitrogens is 1. The smallest absolute Gasteiger partial charge is 0.335 e. The van der Waals surface area contributed by atoms with E-state index in [1.54, 1.807) is 6.07 Å². The quantitative estimate of drug-likeness (QED) is 0.163. The highest BCUT2D eigenvalue weighted by molar-refractivity contribution is 6.06. The number of carboxylic acid groups (broad SMARTS) is 1. The molecule has 1 atom stereocenters. The SMILES string of the molecule is Cc1nn(CCCC2CCN(c3ccc(C(=O)O)cc3F)CC2)c2cc(C(=O)Nc3cc4[nH]c([C@H]5CCCN5C)cc4cn3)ccc12. The Morgan fingerprint density at radius 3 is 2.60 bits per heavy atom. The first kappa shape index (κ1) is 30.9. The van der Waals surface area contributed by atoms with Crippen molar-refractivity contribution in [3.8, 4) is 0 Å².